The number of rotatable bonds is 0. The summed E-state index contributed by atoms with van der Waals surface area (Å²) in [6, 6.07) is 0. The van der Waals surface area contributed by atoms with Gasteiger partial charge in [-0.1, -0.05) is 0 Å². The van der Waals surface area contributed by atoms with E-state index in [1.54, 1.807) is 0 Å². The molecular weight excluding hydrogens is 134 g/mol. The van der Waals surface area contributed by atoms with Crippen LogP contribution in [0, 0.1) is 0 Å². The largest absolute Gasteiger partial charge is 0.399 e. The van der Waals surface area contributed by atoms with Crippen molar-refractivity contribution in [3.8, 4) is 0 Å². The van der Waals surface area contributed by atoms with Gasteiger partial charge in [-0.25, -0.2) is 5.43 Å². The molecule has 1 saturated heterocycles. The lowest BCUT2D eigenvalue weighted by Crippen LogP contribution is -2.29. The molecular formula is C5H9N3S. The van der Waals surface area contributed by atoms with Crippen molar-refractivity contribution in [2.24, 2.45) is 5.73 Å². The Hall–Kier alpha value is -0.350. The van der Waals surface area contributed by atoms with Gasteiger partial charge in [-0.2, -0.15) is 0 Å². The summed E-state index contributed by atoms with van der Waals surface area (Å²) in [5.41, 5.74) is 9.85. The van der Waals surface area contributed by atoms with E-state index in [1.165, 1.54) is 10.8 Å². The van der Waals surface area contributed by atoms with E-state index in [4.69, 9.17) is 5.73 Å². The lowest BCUT2D eigenvalue weighted by molar-refractivity contribution is 0.328. The summed E-state index contributed by atoms with van der Waals surface area (Å²) in [6.45, 7) is 1.93. The molecule has 2 aliphatic rings. The second-order valence-corrected chi connectivity index (χ2v) is 3.25. The molecule has 0 bridgehead atoms. The molecule has 0 radical (unpaired) electrons. The van der Waals surface area contributed by atoms with Gasteiger partial charge in [0.25, 0.3) is 0 Å². The molecule has 0 aromatic carbocycles. The fraction of sp³-hybridized carbons (Fsp3) is 0.600. The molecule has 0 saturated carbocycles. The van der Waals surface area contributed by atoms with Crippen molar-refractivity contribution >= 4 is 11.8 Å². The zero-order chi connectivity index (χ0) is 6.27. The predicted octanol–water partition coefficient (Wildman–Crippen LogP) is -0.319. The van der Waals surface area contributed by atoms with Gasteiger partial charge < -0.3 is 5.73 Å². The van der Waals surface area contributed by atoms with E-state index in [1.807, 2.05) is 11.8 Å². The first-order valence-electron chi connectivity index (χ1n) is 3.00. The number of nitrogens with one attached hydrogen (secondary N) is 1. The standard InChI is InChI=1S/C5H9N3S/c6-4-3-7-8-1-2-9-5(4)8/h7H,1-3,6H2. The van der Waals surface area contributed by atoms with Crippen molar-refractivity contribution in [1.29, 1.82) is 0 Å². The normalized spacial score (nSPS) is 25.6. The van der Waals surface area contributed by atoms with Crippen LogP contribution in [-0.2, 0) is 0 Å². The monoisotopic (exact) mass is 143 g/mol. The van der Waals surface area contributed by atoms with Crippen LogP contribution in [0.5, 0.6) is 0 Å². The highest BCUT2D eigenvalue weighted by atomic mass is 32.2. The van der Waals surface area contributed by atoms with Crippen LogP contribution >= 0.6 is 11.8 Å². The van der Waals surface area contributed by atoms with Gasteiger partial charge in [0.15, 0.2) is 0 Å². The van der Waals surface area contributed by atoms with Gasteiger partial charge in [0.05, 0.1) is 12.2 Å². The topological polar surface area (TPSA) is 41.3 Å². The van der Waals surface area contributed by atoms with Crippen LogP contribution in [0.1, 0.15) is 0 Å². The Morgan fingerprint density at radius 3 is 3.33 bits per heavy atom. The molecule has 0 unspecified atom stereocenters. The molecule has 0 amide bonds. The van der Waals surface area contributed by atoms with Crippen LogP contribution in [-0.4, -0.2) is 23.9 Å². The Labute approximate surface area is 58.2 Å². The molecule has 4 heteroatoms. The molecule has 3 nitrogen and oxygen atoms in total. The Kier molecular flexibility index (Phi) is 1.10. The molecule has 2 rings (SSSR count). The highest BCUT2D eigenvalue weighted by Crippen LogP contribution is 2.29. The van der Waals surface area contributed by atoms with Crippen molar-refractivity contribution in [3.05, 3.63) is 10.7 Å². The van der Waals surface area contributed by atoms with Crippen LogP contribution < -0.4 is 11.2 Å². The van der Waals surface area contributed by atoms with Crippen molar-refractivity contribution in [1.82, 2.24) is 10.4 Å². The van der Waals surface area contributed by atoms with E-state index in [2.05, 4.69) is 10.4 Å². The predicted molar refractivity (Wildman–Crippen MR) is 38.4 cm³/mol. The van der Waals surface area contributed by atoms with Crippen LogP contribution in [0.3, 0.4) is 0 Å². The molecule has 1 fully saturated rings. The third kappa shape index (κ3) is 0.702. The Balaban J connectivity index is 2.28. The van der Waals surface area contributed by atoms with Gasteiger partial charge in [0.1, 0.15) is 5.03 Å². The maximum atomic E-state index is 5.67. The zero-order valence-electron chi connectivity index (χ0n) is 5.05. The highest BCUT2D eigenvalue weighted by molar-refractivity contribution is 8.03. The summed E-state index contributed by atoms with van der Waals surface area (Å²) in [6.07, 6.45) is 0. The molecule has 9 heavy (non-hydrogen) atoms. The first-order chi connectivity index (χ1) is 4.38. The minimum atomic E-state index is 0.836. The molecule has 0 aromatic heterocycles. The number of nitrogens with zero attached hydrogens (tertiary/aromatic N) is 1. The summed E-state index contributed by atoms with van der Waals surface area (Å²) in [7, 11) is 0. The third-order valence-electron chi connectivity index (χ3n) is 1.53. The first kappa shape index (κ1) is 5.44. The molecule has 2 aliphatic heterocycles. The van der Waals surface area contributed by atoms with E-state index < -0.39 is 0 Å². The van der Waals surface area contributed by atoms with Crippen LogP contribution in [0.25, 0.3) is 0 Å². The molecule has 0 atom stereocenters. The fourth-order valence-electron chi connectivity index (χ4n) is 1.09. The summed E-state index contributed by atoms with van der Waals surface area (Å²) in [5, 5.41) is 3.37. The number of hydrogen-bond acceptors (Lipinski definition) is 4. The summed E-state index contributed by atoms with van der Waals surface area (Å²) in [5.74, 6) is 1.17. The number of thioether (sulfide) groups is 1. The van der Waals surface area contributed by atoms with Gasteiger partial charge in [0.2, 0.25) is 0 Å². The van der Waals surface area contributed by atoms with Crippen molar-refractivity contribution < 1.29 is 0 Å². The Bertz CT molecular complexity index is 166. The van der Waals surface area contributed by atoms with E-state index in [9.17, 15) is 0 Å². The summed E-state index contributed by atoms with van der Waals surface area (Å²) >= 11 is 1.84. The summed E-state index contributed by atoms with van der Waals surface area (Å²) < 4.78 is 0. The average molecular weight is 143 g/mol. The van der Waals surface area contributed by atoms with Gasteiger partial charge in [-0.05, 0) is 0 Å². The first-order valence-corrected chi connectivity index (χ1v) is 3.99. The number of nitrogens with two attached hydrogens (primary N) is 1. The van der Waals surface area contributed by atoms with Crippen molar-refractivity contribution in [2.45, 2.75) is 0 Å². The van der Waals surface area contributed by atoms with Crippen molar-refractivity contribution in [2.75, 3.05) is 18.8 Å². The number of hydrogen-bond donors (Lipinski definition) is 2. The second-order valence-electron chi connectivity index (χ2n) is 2.17. The molecule has 0 aromatic rings. The van der Waals surface area contributed by atoms with Gasteiger partial charge in [-0.15, -0.1) is 11.8 Å². The van der Waals surface area contributed by atoms with Gasteiger partial charge in [0, 0.05) is 12.3 Å². The minimum absolute atomic E-state index is 0.836. The Morgan fingerprint density at radius 1 is 1.67 bits per heavy atom. The molecule has 2 heterocycles. The summed E-state index contributed by atoms with van der Waals surface area (Å²) in [4.78, 5) is 0. The van der Waals surface area contributed by atoms with E-state index in [-0.39, 0.29) is 0 Å². The highest BCUT2D eigenvalue weighted by Gasteiger charge is 2.25. The maximum Gasteiger partial charge on any atom is 0.106 e. The lowest BCUT2D eigenvalue weighted by Gasteiger charge is -2.10. The third-order valence-corrected chi connectivity index (χ3v) is 2.68. The quantitative estimate of drug-likeness (QED) is 0.487. The SMILES string of the molecule is NC1=C2SCCN2NC1. The van der Waals surface area contributed by atoms with Crippen LogP contribution in [0.15, 0.2) is 10.7 Å². The molecule has 0 spiro atoms. The number of fused-ring (bicyclic) bond motifs is 1. The lowest BCUT2D eigenvalue weighted by atomic mass is 10.5. The molecule has 0 aliphatic carbocycles. The maximum absolute atomic E-state index is 5.67. The van der Waals surface area contributed by atoms with Crippen LogP contribution in [0.4, 0.5) is 0 Å². The van der Waals surface area contributed by atoms with E-state index >= 15 is 0 Å². The van der Waals surface area contributed by atoms with E-state index in [0.717, 1.165) is 18.8 Å². The zero-order valence-corrected chi connectivity index (χ0v) is 5.87. The second kappa shape index (κ2) is 1.82. The van der Waals surface area contributed by atoms with Gasteiger partial charge in [-0.3, -0.25) is 5.01 Å². The number of hydrazine groups is 1. The average Bonchev–Trinajstić information content (AvgIpc) is 2.35. The van der Waals surface area contributed by atoms with Gasteiger partial charge >= 0.3 is 0 Å². The smallest absolute Gasteiger partial charge is 0.106 e. The Morgan fingerprint density at radius 2 is 2.56 bits per heavy atom. The van der Waals surface area contributed by atoms with Crippen molar-refractivity contribution in [3.63, 3.8) is 0 Å². The minimum Gasteiger partial charge on any atom is -0.399 e. The van der Waals surface area contributed by atoms with Crippen LogP contribution in [0.2, 0.25) is 0 Å². The fourth-order valence-corrected chi connectivity index (χ4v) is 2.12. The van der Waals surface area contributed by atoms with E-state index in [0.29, 0.717) is 0 Å². The molecule has 3 N–H and O–H groups in total. The molecule has 50 valence electrons.